The normalized spacial score (nSPS) is 10.3. The summed E-state index contributed by atoms with van der Waals surface area (Å²) in [6.07, 6.45) is 2.19. The average molecular weight is 241 g/mol. The highest BCUT2D eigenvalue weighted by Crippen LogP contribution is 2.20. The number of benzene rings is 2. The Kier molecular flexibility index (Phi) is 4.24. The molecule has 0 saturated heterocycles. The molecule has 2 nitrogen and oxygen atoms in total. The van der Waals surface area contributed by atoms with Gasteiger partial charge in [-0.3, -0.25) is 0 Å². The number of hydrogen-bond acceptors (Lipinski definition) is 2. The van der Waals surface area contributed by atoms with Crippen LogP contribution < -0.4 is 5.32 Å². The smallest absolute Gasteiger partial charge is 0.118 e. The van der Waals surface area contributed by atoms with Crippen molar-refractivity contribution in [3.63, 3.8) is 0 Å². The molecule has 0 aliphatic carbocycles. The average Bonchev–Trinajstić information content (AvgIpc) is 2.40. The van der Waals surface area contributed by atoms with Crippen LogP contribution in [-0.4, -0.2) is 11.7 Å². The number of aryl methyl sites for hydroxylation is 2. The topological polar surface area (TPSA) is 32.3 Å². The van der Waals surface area contributed by atoms with Gasteiger partial charge in [0, 0.05) is 12.2 Å². The molecule has 2 aromatic rings. The molecule has 94 valence electrons. The van der Waals surface area contributed by atoms with Crippen molar-refractivity contribution in [1.29, 1.82) is 0 Å². The molecule has 0 aromatic heterocycles. The molecule has 2 N–H and O–H groups in total. The van der Waals surface area contributed by atoms with Gasteiger partial charge in [-0.1, -0.05) is 30.3 Å². The minimum absolute atomic E-state index is 0.352. The second kappa shape index (κ2) is 6.10. The highest BCUT2D eigenvalue weighted by molar-refractivity contribution is 5.50. The van der Waals surface area contributed by atoms with E-state index in [1.54, 1.807) is 6.07 Å². The second-order valence-electron chi connectivity index (χ2n) is 4.52. The summed E-state index contributed by atoms with van der Waals surface area (Å²) in [7, 11) is 0. The SMILES string of the molecule is Cc1cc(NCCCc2ccccc2)ccc1O. The van der Waals surface area contributed by atoms with Gasteiger partial charge in [-0.05, 0) is 49.1 Å². The molecular formula is C16H19NO. The fourth-order valence-electron chi connectivity index (χ4n) is 1.94. The van der Waals surface area contributed by atoms with Crippen LogP contribution in [0.15, 0.2) is 48.5 Å². The Labute approximate surface area is 108 Å². The summed E-state index contributed by atoms with van der Waals surface area (Å²) in [6.45, 7) is 2.85. The first-order valence-electron chi connectivity index (χ1n) is 6.33. The predicted octanol–water partition coefficient (Wildman–Crippen LogP) is 3.75. The van der Waals surface area contributed by atoms with Gasteiger partial charge in [-0.25, -0.2) is 0 Å². The summed E-state index contributed by atoms with van der Waals surface area (Å²) in [5.41, 5.74) is 3.35. The Bertz CT molecular complexity index is 494. The zero-order valence-electron chi connectivity index (χ0n) is 10.7. The minimum Gasteiger partial charge on any atom is -0.508 e. The maximum absolute atomic E-state index is 9.44. The summed E-state index contributed by atoms with van der Waals surface area (Å²) in [5.74, 6) is 0.352. The van der Waals surface area contributed by atoms with Gasteiger partial charge < -0.3 is 10.4 Å². The molecule has 0 spiro atoms. The van der Waals surface area contributed by atoms with Crippen molar-refractivity contribution in [2.45, 2.75) is 19.8 Å². The molecule has 2 rings (SSSR count). The van der Waals surface area contributed by atoms with Crippen LogP contribution in [0, 0.1) is 6.92 Å². The zero-order chi connectivity index (χ0) is 12.8. The van der Waals surface area contributed by atoms with E-state index in [4.69, 9.17) is 0 Å². The summed E-state index contributed by atoms with van der Waals surface area (Å²) < 4.78 is 0. The predicted molar refractivity (Wildman–Crippen MR) is 76.1 cm³/mol. The summed E-state index contributed by atoms with van der Waals surface area (Å²) in [6, 6.07) is 16.1. The Morgan fingerprint density at radius 1 is 1.06 bits per heavy atom. The standard InChI is InChI=1S/C16H19NO/c1-13-12-15(9-10-16(13)18)17-11-5-8-14-6-3-2-4-7-14/h2-4,6-7,9-10,12,17-18H,5,8,11H2,1H3. The monoisotopic (exact) mass is 241 g/mol. The molecule has 0 unspecified atom stereocenters. The van der Waals surface area contributed by atoms with E-state index in [2.05, 4.69) is 29.6 Å². The van der Waals surface area contributed by atoms with E-state index in [0.29, 0.717) is 5.75 Å². The molecule has 0 amide bonds. The van der Waals surface area contributed by atoms with Crippen LogP contribution in [0.3, 0.4) is 0 Å². The molecule has 0 radical (unpaired) electrons. The van der Waals surface area contributed by atoms with Gasteiger partial charge in [0.25, 0.3) is 0 Å². The number of hydrogen-bond donors (Lipinski definition) is 2. The first-order valence-corrected chi connectivity index (χ1v) is 6.33. The van der Waals surface area contributed by atoms with Gasteiger partial charge in [-0.2, -0.15) is 0 Å². The van der Waals surface area contributed by atoms with Crippen LogP contribution in [0.1, 0.15) is 17.5 Å². The van der Waals surface area contributed by atoms with E-state index >= 15 is 0 Å². The molecule has 0 atom stereocenters. The van der Waals surface area contributed by atoms with Crippen molar-refractivity contribution in [3.05, 3.63) is 59.7 Å². The van der Waals surface area contributed by atoms with Crippen LogP contribution >= 0.6 is 0 Å². The number of aromatic hydroxyl groups is 1. The Hall–Kier alpha value is -1.96. The third kappa shape index (κ3) is 3.52. The van der Waals surface area contributed by atoms with Crippen LogP contribution in [0.25, 0.3) is 0 Å². The molecular weight excluding hydrogens is 222 g/mol. The van der Waals surface area contributed by atoms with E-state index < -0.39 is 0 Å². The highest BCUT2D eigenvalue weighted by Gasteiger charge is 1.97. The van der Waals surface area contributed by atoms with Crippen LogP contribution in [0.2, 0.25) is 0 Å². The Balaban J connectivity index is 1.77. The summed E-state index contributed by atoms with van der Waals surface area (Å²) in [5, 5.41) is 12.8. The van der Waals surface area contributed by atoms with Crippen molar-refractivity contribution >= 4 is 5.69 Å². The van der Waals surface area contributed by atoms with Crippen LogP contribution in [-0.2, 0) is 6.42 Å². The second-order valence-corrected chi connectivity index (χ2v) is 4.52. The third-order valence-corrected chi connectivity index (χ3v) is 3.01. The number of phenolic OH excluding ortho intramolecular Hbond substituents is 1. The van der Waals surface area contributed by atoms with E-state index in [1.165, 1.54) is 5.56 Å². The van der Waals surface area contributed by atoms with Gasteiger partial charge in [0.2, 0.25) is 0 Å². The minimum atomic E-state index is 0.352. The van der Waals surface area contributed by atoms with E-state index in [0.717, 1.165) is 30.6 Å². The molecule has 2 heteroatoms. The van der Waals surface area contributed by atoms with Gasteiger partial charge in [0.05, 0.1) is 0 Å². The van der Waals surface area contributed by atoms with E-state index in [-0.39, 0.29) is 0 Å². The Morgan fingerprint density at radius 2 is 1.83 bits per heavy atom. The lowest BCUT2D eigenvalue weighted by atomic mass is 10.1. The van der Waals surface area contributed by atoms with Crippen molar-refractivity contribution in [1.82, 2.24) is 0 Å². The first kappa shape index (κ1) is 12.5. The lowest BCUT2D eigenvalue weighted by Gasteiger charge is -2.08. The molecule has 0 bridgehead atoms. The van der Waals surface area contributed by atoms with Crippen molar-refractivity contribution in [2.24, 2.45) is 0 Å². The molecule has 0 aliphatic heterocycles. The zero-order valence-corrected chi connectivity index (χ0v) is 10.7. The lowest BCUT2D eigenvalue weighted by molar-refractivity contribution is 0.471. The van der Waals surface area contributed by atoms with Crippen LogP contribution in [0.5, 0.6) is 5.75 Å². The maximum atomic E-state index is 9.44. The third-order valence-electron chi connectivity index (χ3n) is 3.01. The first-order chi connectivity index (χ1) is 8.75. The molecule has 2 aromatic carbocycles. The molecule has 0 heterocycles. The van der Waals surface area contributed by atoms with Gasteiger partial charge in [0.1, 0.15) is 5.75 Å². The van der Waals surface area contributed by atoms with Gasteiger partial charge in [0.15, 0.2) is 0 Å². The molecule has 18 heavy (non-hydrogen) atoms. The fraction of sp³-hybridized carbons (Fsp3) is 0.250. The number of rotatable bonds is 5. The fourth-order valence-corrected chi connectivity index (χ4v) is 1.94. The lowest BCUT2D eigenvalue weighted by Crippen LogP contribution is -2.03. The number of anilines is 1. The molecule has 0 aliphatic rings. The largest absolute Gasteiger partial charge is 0.508 e. The van der Waals surface area contributed by atoms with Crippen molar-refractivity contribution < 1.29 is 5.11 Å². The van der Waals surface area contributed by atoms with Gasteiger partial charge >= 0.3 is 0 Å². The number of phenols is 1. The highest BCUT2D eigenvalue weighted by atomic mass is 16.3. The van der Waals surface area contributed by atoms with E-state index in [1.807, 2.05) is 25.1 Å². The summed E-state index contributed by atoms with van der Waals surface area (Å²) >= 11 is 0. The summed E-state index contributed by atoms with van der Waals surface area (Å²) in [4.78, 5) is 0. The van der Waals surface area contributed by atoms with Gasteiger partial charge in [-0.15, -0.1) is 0 Å². The van der Waals surface area contributed by atoms with Crippen molar-refractivity contribution in [2.75, 3.05) is 11.9 Å². The van der Waals surface area contributed by atoms with Crippen molar-refractivity contribution in [3.8, 4) is 5.75 Å². The Morgan fingerprint density at radius 3 is 2.56 bits per heavy atom. The molecule has 0 saturated carbocycles. The van der Waals surface area contributed by atoms with Crippen LogP contribution in [0.4, 0.5) is 5.69 Å². The molecule has 0 fully saturated rings. The number of nitrogens with one attached hydrogen (secondary N) is 1. The van der Waals surface area contributed by atoms with E-state index in [9.17, 15) is 5.11 Å². The maximum Gasteiger partial charge on any atom is 0.118 e. The quantitative estimate of drug-likeness (QED) is 0.617.